The van der Waals surface area contributed by atoms with E-state index in [1.807, 2.05) is 0 Å². The molecule has 0 saturated heterocycles. The van der Waals surface area contributed by atoms with E-state index in [1.54, 1.807) is 48.5 Å². The van der Waals surface area contributed by atoms with Crippen molar-refractivity contribution in [3.05, 3.63) is 123 Å². The first-order valence-corrected chi connectivity index (χ1v) is 17.7. The maximum absolute atomic E-state index is 13.4. The number of phenolic OH excluding ortho intramolecular Hbond substituents is 4. The summed E-state index contributed by atoms with van der Waals surface area (Å²) in [5, 5.41) is 41.7. The lowest BCUT2D eigenvalue weighted by Gasteiger charge is -2.34. The zero-order valence-corrected chi connectivity index (χ0v) is 31.7. The molecule has 9 nitrogen and oxygen atoms in total. The third-order valence-electron chi connectivity index (χ3n) is 7.97. The Hall–Kier alpha value is -3.40. The summed E-state index contributed by atoms with van der Waals surface area (Å²) in [6.07, 6.45) is 2.50. The Kier molecular flexibility index (Phi) is 8.20. The molecule has 3 heterocycles. The molecule has 0 radical (unpaired) electrons. The SMILES string of the molecule is O=C1C=C(c2cc(Br)c(O)c(Br)c2)[C@]2(O1)O[C@]1(OC(=O)C=C1c1cc(Br)c(O)c(Br)c1)C(c1ccc(O)c(Br)c1)=C2c1ccc(O)cc1. The van der Waals surface area contributed by atoms with E-state index in [-0.39, 0.29) is 45.3 Å². The van der Waals surface area contributed by atoms with Crippen LogP contribution in [0, 0.1) is 0 Å². The smallest absolute Gasteiger partial charge is 0.334 e. The van der Waals surface area contributed by atoms with Gasteiger partial charge in [-0.25, -0.2) is 9.59 Å². The molecule has 7 rings (SSSR count). The predicted molar refractivity (Wildman–Crippen MR) is 192 cm³/mol. The van der Waals surface area contributed by atoms with Crippen molar-refractivity contribution in [2.24, 2.45) is 0 Å². The first kappa shape index (κ1) is 33.1. The van der Waals surface area contributed by atoms with Crippen LogP contribution in [0.1, 0.15) is 22.3 Å². The molecule has 0 aliphatic carbocycles. The molecule has 0 unspecified atom stereocenters. The van der Waals surface area contributed by atoms with Crippen LogP contribution in [0.3, 0.4) is 0 Å². The highest BCUT2D eigenvalue weighted by Gasteiger charge is 2.67. The van der Waals surface area contributed by atoms with Crippen molar-refractivity contribution < 1.29 is 44.2 Å². The summed E-state index contributed by atoms with van der Waals surface area (Å²) in [5.74, 6) is -5.97. The second kappa shape index (κ2) is 11.9. The fraction of sp³-hybridized carbons (Fsp3) is 0.0588. The average Bonchev–Trinajstić information content (AvgIpc) is 3.64. The fourth-order valence-corrected chi connectivity index (χ4v) is 8.73. The van der Waals surface area contributed by atoms with Gasteiger partial charge in [0.15, 0.2) is 0 Å². The number of carbonyl (C=O) groups is 2. The van der Waals surface area contributed by atoms with Crippen LogP contribution < -0.4 is 0 Å². The third kappa shape index (κ3) is 5.15. The molecule has 4 N–H and O–H groups in total. The third-order valence-corrected chi connectivity index (χ3v) is 11.0. The molecule has 242 valence electrons. The second-order valence-corrected chi connectivity index (χ2v) is 15.1. The summed E-state index contributed by atoms with van der Waals surface area (Å²) < 4.78 is 20.8. The van der Waals surface area contributed by atoms with Crippen molar-refractivity contribution in [1.29, 1.82) is 0 Å². The van der Waals surface area contributed by atoms with Gasteiger partial charge in [0.1, 0.15) is 23.0 Å². The van der Waals surface area contributed by atoms with Gasteiger partial charge in [-0.3, -0.25) is 4.74 Å². The molecule has 0 bridgehead atoms. The summed E-state index contributed by atoms with van der Waals surface area (Å²) in [7, 11) is 0. The summed E-state index contributed by atoms with van der Waals surface area (Å²) in [4.78, 5) is 26.9. The van der Waals surface area contributed by atoms with Crippen molar-refractivity contribution in [2.45, 2.75) is 11.6 Å². The van der Waals surface area contributed by atoms with Gasteiger partial charge in [-0.15, -0.1) is 0 Å². The number of phenols is 4. The van der Waals surface area contributed by atoms with Crippen molar-refractivity contribution in [2.75, 3.05) is 0 Å². The Morgan fingerprint density at radius 1 is 0.500 bits per heavy atom. The topological polar surface area (TPSA) is 143 Å². The van der Waals surface area contributed by atoms with Crippen LogP contribution in [0.2, 0.25) is 0 Å². The average molecular weight is 969 g/mol. The highest BCUT2D eigenvalue weighted by molar-refractivity contribution is 9.11. The predicted octanol–water partition coefficient (Wildman–Crippen LogP) is 8.94. The summed E-state index contributed by atoms with van der Waals surface area (Å²) >= 11 is 16.8. The minimum atomic E-state index is -2.09. The van der Waals surface area contributed by atoms with Gasteiger partial charge >= 0.3 is 11.9 Å². The Morgan fingerprint density at radius 2 is 0.896 bits per heavy atom. The van der Waals surface area contributed by atoms with Crippen LogP contribution in [0.15, 0.2) is 101 Å². The molecule has 0 aromatic heterocycles. The number of esters is 2. The second-order valence-electron chi connectivity index (χ2n) is 10.8. The molecule has 2 atom stereocenters. The van der Waals surface area contributed by atoms with Crippen LogP contribution in [0.5, 0.6) is 23.0 Å². The van der Waals surface area contributed by atoms with E-state index < -0.39 is 23.5 Å². The van der Waals surface area contributed by atoms with Crippen molar-refractivity contribution in [3.63, 3.8) is 0 Å². The van der Waals surface area contributed by atoms with E-state index in [2.05, 4.69) is 79.6 Å². The highest BCUT2D eigenvalue weighted by atomic mass is 79.9. The van der Waals surface area contributed by atoms with Crippen molar-refractivity contribution in [1.82, 2.24) is 0 Å². The molecule has 0 amide bonds. The normalized spacial score (nSPS) is 21.6. The molecule has 4 aromatic carbocycles. The van der Waals surface area contributed by atoms with Crippen LogP contribution >= 0.6 is 79.6 Å². The molecule has 2 spiro atoms. The molecular formula is C34H17Br5O9. The van der Waals surface area contributed by atoms with Gasteiger partial charge in [0.05, 0.1) is 22.4 Å². The summed E-state index contributed by atoms with van der Waals surface area (Å²) in [5.41, 5.74) is 2.54. The van der Waals surface area contributed by atoms with Crippen molar-refractivity contribution in [3.8, 4) is 23.0 Å². The molecule has 48 heavy (non-hydrogen) atoms. The van der Waals surface area contributed by atoms with E-state index in [0.29, 0.717) is 44.6 Å². The van der Waals surface area contributed by atoms with Crippen LogP contribution in [0.4, 0.5) is 0 Å². The number of benzene rings is 4. The van der Waals surface area contributed by atoms with Crippen LogP contribution in [-0.2, 0) is 23.8 Å². The van der Waals surface area contributed by atoms with Gasteiger partial charge in [-0.05, 0) is 150 Å². The summed E-state index contributed by atoms with van der Waals surface area (Å²) in [6, 6.07) is 17.1. The minimum Gasteiger partial charge on any atom is -0.508 e. The Labute approximate surface area is 313 Å². The Bertz CT molecular complexity index is 2160. The number of carbonyl (C=O) groups excluding carboxylic acids is 2. The number of ether oxygens (including phenoxy) is 3. The number of aromatic hydroxyl groups is 4. The molecular weight excluding hydrogens is 952 g/mol. The largest absolute Gasteiger partial charge is 0.508 e. The van der Waals surface area contributed by atoms with E-state index in [4.69, 9.17) is 14.2 Å². The van der Waals surface area contributed by atoms with E-state index >= 15 is 0 Å². The fourth-order valence-electron chi connectivity index (χ4n) is 5.98. The number of hydrogen-bond donors (Lipinski definition) is 4. The highest BCUT2D eigenvalue weighted by Crippen LogP contribution is 2.64. The van der Waals surface area contributed by atoms with Crippen LogP contribution in [0.25, 0.3) is 22.3 Å². The van der Waals surface area contributed by atoms with E-state index in [0.717, 1.165) is 0 Å². The first-order valence-electron chi connectivity index (χ1n) is 13.7. The molecule has 0 saturated carbocycles. The maximum Gasteiger partial charge on any atom is 0.334 e. The Morgan fingerprint density at radius 3 is 1.33 bits per heavy atom. The van der Waals surface area contributed by atoms with E-state index in [1.165, 1.54) is 30.4 Å². The van der Waals surface area contributed by atoms with Gasteiger partial charge in [0.2, 0.25) is 0 Å². The standard InChI is InChI=1S/C34H17Br5O9/c35-21-7-15(3-6-26(21)41)30-29(14-1-4-18(40)5-2-14)33(19(12-27(42)46-33)16-8-22(36)31(44)23(37)9-16)48-34(30)20(13-28(43)47-34)17-10-24(38)32(45)25(39)11-17/h1-13,40-41,44-45H/t33-,34-/m0/s1. The Balaban J connectivity index is 1.62. The number of rotatable bonds is 4. The molecule has 14 heteroatoms. The lowest BCUT2D eigenvalue weighted by molar-refractivity contribution is -0.232. The lowest BCUT2D eigenvalue weighted by Crippen LogP contribution is -2.41. The van der Waals surface area contributed by atoms with Crippen LogP contribution in [-0.4, -0.2) is 43.9 Å². The molecule has 0 fully saturated rings. The zero-order valence-electron chi connectivity index (χ0n) is 23.7. The lowest BCUT2D eigenvalue weighted by atomic mass is 9.81. The number of hydrogen-bond acceptors (Lipinski definition) is 9. The monoisotopic (exact) mass is 964 g/mol. The maximum atomic E-state index is 13.4. The zero-order chi connectivity index (χ0) is 34.3. The van der Waals surface area contributed by atoms with Gasteiger partial charge in [0.25, 0.3) is 11.6 Å². The van der Waals surface area contributed by atoms with Gasteiger partial charge in [-0.2, -0.15) is 0 Å². The first-order chi connectivity index (χ1) is 22.7. The quantitative estimate of drug-likeness (QED) is 0.148. The van der Waals surface area contributed by atoms with Gasteiger partial charge in [0, 0.05) is 34.4 Å². The molecule has 4 aromatic rings. The molecule has 3 aliphatic rings. The van der Waals surface area contributed by atoms with Gasteiger partial charge < -0.3 is 29.9 Å². The van der Waals surface area contributed by atoms with Crippen molar-refractivity contribution >= 4 is 114 Å². The number of halogens is 5. The van der Waals surface area contributed by atoms with E-state index in [9.17, 15) is 30.0 Å². The van der Waals surface area contributed by atoms with Gasteiger partial charge in [-0.1, -0.05) is 18.2 Å². The summed E-state index contributed by atoms with van der Waals surface area (Å²) in [6.45, 7) is 0. The minimum absolute atomic E-state index is 0.0341. The molecule has 3 aliphatic heterocycles.